The minimum atomic E-state index is -3.41. The number of sulfonamides is 1. The summed E-state index contributed by atoms with van der Waals surface area (Å²) in [5, 5.41) is 3.66. The van der Waals surface area contributed by atoms with Gasteiger partial charge >= 0.3 is 0 Å². The Morgan fingerprint density at radius 3 is 2.62 bits per heavy atom. The lowest BCUT2D eigenvalue weighted by molar-refractivity contribution is 0.102. The van der Waals surface area contributed by atoms with E-state index in [1.807, 2.05) is 6.92 Å². The largest absolute Gasteiger partial charge is 0.322 e. The van der Waals surface area contributed by atoms with Crippen LogP contribution in [0.3, 0.4) is 0 Å². The molecule has 26 heavy (non-hydrogen) atoms. The number of amides is 1. The molecule has 1 N–H and O–H groups in total. The number of carbonyl (C=O) groups excluding carboxylic acids is 1. The van der Waals surface area contributed by atoms with Gasteiger partial charge in [-0.05, 0) is 55.7 Å². The molecule has 2 aromatic carbocycles. The minimum absolute atomic E-state index is 0.0848. The van der Waals surface area contributed by atoms with Crippen LogP contribution in [0.25, 0.3) is 0 Å². The van der Waals surface area contributed by atoms with E-state index in [-0.39, 0.29) is 11.7 Å². The van der Waals surface area contributed by atoms with Crippen LogP contribution in [-0.2, 0) is 10.0 Å². The zero-order valence-corrected chi connectivity index (χ0v) is 16.5. The van der Waals surface area contributed by atoms with E-state index < -0.39 is 10.0 Å². The molecule has 2 aromatic rings. The SMILES string of the molecule is Cc1c(Cl)cccc1NC(=O)c1ccc(Cl)c(N2CCCCS2(=O)=O)c1. The Morgan fingerprint density at radius 1 is 1.12 bits per heavy atom. The summed E-state index contributed by atoms with van der Waals surface area (Å²) in [6, 6.07) is 9.87. The summed E-state index contributed by atoms with van der Waals surface area (Å²) in [6.07, 6.45) is 1.39. The van der Waals surface area contributed by atoms with Crippen molar-refractivity contribution in [3.8, 4) is 0 Å². The quantitative estimate of drug-likeness (QED) is 0.807. The van der Waals surface area contributed by atoms with E-state index in [1.165, 1.54) is 10.4 Å². The van der Waals surface area contributed by atoms with Crippen LogP contribution in [0.4, 0.5) is 11.4 Å². The van der Waals surface area contributed by atoms with Gasteiger partial charge < -0.3 is 5.32 Å². The van der Waals surface area contributed by atoms with E-state index in [0.717, 1.165) is 12.0 Å². The van der Waals surface area contributed by atoms with Crippen molar-refractivity contribution in [3.63, 3.8) is 0 Å². The highest BCUT2D eigenvalue weighted by molar-refractivity contribution is 7.92. The number of hydrogen-bond acceptors (Lipinski definition) is 3. The molecule has 1 aliphatic heterocycles. The molecule has 1 fully saturated rings. The van der Waals surface area contributed by atoms with Crippen molar-refractivity contribution in [2.45, 2.75) is 19.8 Å². The number of hydrogen-bond donors (Lipinski definition) is 1. The minimum Gasteiger partial charge on any atom is -0.322 e. The van der Waals surface area contributed by atoms with Gasteiger partial charge in [0.15, 0.2) is 0 Å². The van der Waals surface area contributed by atoms with Gasteiger partial charge in [-0.25, -0.2) is 8.42 Å². The molecule has 5 nitrogen and oxygen atoms in total. The fourth-order valence-electron chi connectivity index (χ4n) is 2.84. The Kier molecular flexibility index (Phi) is 5.46. The predicted octanol–water partition coefficient (Wildman–Crippen LogP) is 4.48. The normalized spacial score (nSPS) is 16.3. The Bertz CT molecular complexity index is 961. The van der Waals surface area contributed by atoms with Gasteiger partial charge in [0, 0.05) is 22.8 Å². The molecular formula is C18H18Cl2N2O3S. The number of benzene rings is 2. The number of nitrogens with one attached hydrogen (secondary N) is 1. The molecule has 0 atom stereocenters. The van der Waals surface area contributed by atoms with Gasteiger partial charge in [0.1, 0.15) is 0 Å². The fraction of sp³-hybridized carbons (Fsp3) is 0.278. The van der Waals surface area contributed by atoms with E-state index in [4.69, 9.17) is 23.2 Å². The standard InChI is InChI=1S/C18H18Cl2N2O3S/c1-12-14(19)5-4-6-16(12)21-18(23)13-7-8-15(20)17(11-13)22-9-2-3-10-26(22,24)25/h4-8,11H,2-3,9-10H2,1H3,(H,21,23). The topological polar surface area (TPSA) is 66.5 Å². The summed E-state index contributed by atoms with van der Waals surface area (Å²) in [6.45, 7) is 2.17. The monoisotopic (exact) mass is 412 g/mol. The van der Waals surface area contributed by atoms with Crippen LogP contribution < -0.4 is 9.62 Å². The van der Waals surface area contributed by atoms with Crippen molar-refractivity contribution < 1.29 is 13.2 Å². The smallest absolute Gasteiger partial charge is 0.255 e. The van der Waals surface area contributed by atoms with Crippen molar-refractivity contribution >= 4 is 50.5 Å². The molecule has 1 aliphatic rings. The van der Waals surface area contributed by atoms with Crippen LogP contribution >= 0.6 is 23.2 Å². The molecule has 1 saturated heterocycles. The molecule has 0 aromatic heterocycles. The summed E-state index contributed by atoms with van der Waals surface area (Å²) in [5.74, 6) is -0.274. The maximum atomic E-state index is 12.6. The molecule has 3 rings (SSSR count). The van der Waals surface area contributed by atoms with E-state index in [2.05, 4.69) is 5.32 Å². The second-order valence-electron chi connectivity index (χ2n) is 6.13. The molecule has 0 unspecified atom stereocenters. The van der Waals surface area contributed by atoms with E-state index in [9.17, 15) is 13.2 Å². The van der Waals surface area contributed by atoms with Crippen molar-refractivity contribution in [2.75, 3.05) is 21.9 Å². The first-order valence-electron chi connectivity index (χ1n) is 8.16. The number of halogens is 2. The fourth-order valence-corrected chi connectivity index (χ4v) is 4.93. The summed E-state index contributed by atoms with van der Waals surface area (Å²) in [5.41, 5.74) is 2.02. The van der Waals surface area contributed by atoms with E-state index >= 15 is 0 Å². The molecule has 0 bridgehead atoms. The average molecular weight is 413 g/mol. The highest BCUT2D eigenvalue weighted by atomic mass is 35.5. The first-order chi connectivity index (χ1) is 12.3. The number of anilines is 2. The van der Waals surface area contributed by atoms with Crippen LogP contribution in [0.2, 0.25) is 10.0 Å². The third kappa shape index (κ3) is 3.82. The molecule has 138 valence electrons. The Morgan fingerprint density at radius 2 is 1.88 bits per heavy atom. The van der Waals surface area contributed by atoms with E-state index in [1.54, 1.807) is 30.3 Å². The number of rotatable bonds is 3. The molecular weight excluding hydrogens is 395 g/mol. The Balaban J connectivity index is 1.92. The maximum Gasteiger partial charge on any atom is 0.255 e. The lowest BCUT2D eigenvalue weighted by Crippen LogP contribution is -2.38. The molecule has 0 radical (unpaired) electrons. The van der Waals surface area contributed by atoms with Gasteiger partial charge in [-0.3, -0.25) is 9.10 Å². The first kappa shape index (κ1) is 19.0. The van der Waals surface area contributed by atoms with Crippen molar-refractivity contribution in [1.29, 1.82) is 0 Å². The Hall–Kier alpha value is -1.76. The van der Waals surface area contributed by atoms with Crippen LogP contribution in [0, 0.1) is 6.92 Å². The summed E-state index contributed by atoms with van der Waals surface area (Å²) in [7, 11) is -3.41. The third-order valence-electron chi connectivity index (χ3n) is 4.34. The van der Waals surface area contributed by atoms with Crippen LogP contribution in [0.1, 0.15) is 28.8 Å². The molecule has 8 heteroatoms. The second-order valence-corrected chi connectivity index (χ2v) is 8.96. The third-order valence-corrected chi connectivity index (χ3v) is 6.93. The van der Waals surface area contributed by atoms with Gasteiger partial charge in [0.05, 0.1) is 16.5 Å². The van der Waals surface area contributed by atoms with Crippen LogP contribution in [0.5, 0.6) is 0 Å². The predicted molar refractivity (Wildman–Crippen MR) is 106 cm³/mol. The highest BCUT2D eigenvalue weighted by Gasteiger charge is 2.28. The zero-order valence-electron chi connectivity index (χ0n) is 14.1. The van der Waals surface area contributed by atoms with Gasteiger partial charge in [-0.2, -0.15) is 0 Å². The van der Waals surface area contributed by atoms with Crippen molar-refractivity contribution in [1.82, 2.24) is 0 Å². The maximum absolute atomic E-state index is 12.6. The molecule has 0 aliphatic carbocycles. The molecule has 1 heterocycles. The summed E-state index contributed by atoms with van der Waals surface area (Å²) < 4.78 is 26.0. The van der Waals surface area contributed by atoms with Gasteiger partial charge in [0.25, 0.3) is 5.91 Å². The number of nitrogens with zero attached hydrogens (tertiary/aromatic N) is 1. The van der Waals surface area contributed by atoms with Gasteiger partial charge in [-0.1, -0.05) is 29.3 Å². The molecule has 0 spiro atoms. The number of carbonyl (C=O) groups is 1. The molecule has 1 amide bonds. The van der Waals surface area contributed by atoms with Crippen LogP contribution in [0.15, 0.2) is 36.4 Å². The summed E-state index contributed by atoms with van der Waals surface area (Å²) in [4.78, 5) is 12.6. The first-order valence-corrected chi connectivity index (χ1v) is 10.5. The lowest BCUT2D eigenvalue weighted by Gasteiger charge is -2.29. The zero-order chi connectivity index (χ0) is 18.9. The van der Waals surface area contributed by atoms with Gasteiger partial charge in [0.2, 0.25) is 10.0 Å². The second kappa shape index (κ2) is 7.47. The van der Waals surface area contributed by atoms with Gasteiger partial charge in [-0.15, -0.1) is 0 Å². The van der Waals surface area contributed by atoms with Crippen molar-refractivity contribution in [3.05, 3.63) is 57.6 Å². The van der Waals surface area contributed by atoms with Crippen molar-refractivity contribution in [2.24, 2.45) is 0 Å². The van der Waals surface area contributed by atoms with E-state index in [0.29, 0.717) is 39.9 Å². The van der Waals surface area contributed by atoms with Crippen LogP contribution in [-0.4, -0.2) is 26.6 Å². The highest BCUT2D eigenvalue weighted by Crippen LogP contribution is 2.32. The molecule has 0 saturated carbocycles. The summed E-state index contributed by atoms with van der Waals surface area (Å²) >= 11 is 12.3. The average Bonchev–Trinajstić information content (AvgIpc) is 2.59. The lowest BCUT2D eigenvalue weighted by atomic mass is 10.1. The Labute approximate surface area is 163 Å².